The number of halogens is 1. The van der Waals surface area contributed by atoms with Crippen molar-refractivity contribution in [1.29, 1.82) is 0 Å². The van der Waals surface area contributed by atoms with Crippen molar-refractivity contribution in [3.05, 3.63) is 20.3 Å². The molecule has 0 amide bonds. The SMILES string of the molecule is CCCC(C)CC(O)c1cc(C)c(Br)s1. The van der Waals surface area contributed by atoms with Crippen molar-refractivity contribution in [1.82, 2.24) is 0 Å². The molecule has 2 atom stereocenters. The first-order valence-electron chi connectivity index (χ1n) is 5.48. The Morgan fingerprint density at radius 3 is 2.67 bits per heavy atom. The quantitative estimate of drug-likeness (QED) is 0.835. The van der Waals surface area contributed by atoms with Crippen LogP contribution in [0.4, 0.5) is 0 Å². The highest BCUT2D eigenvalue weighted by Gasteiger charge is 2.15. The maximum Gasteiger partial charge on any atom is 0.0885 e. The third-order valence-corrected chi connectivity index (χ3v) is 4.85. The van der Waals surface area contributed by atoms with Crippen molar-refractivity contribution < 1.29 is 5.11 Å². The summed E-state index contributed by atoms with van der Waals surface area (Å²) in [5.41, 5.74) is 1.22. The van der Waals surface area contributed by atoms with Crippen LogP contribution in [0, 0.1) is 12.8 Å². The number of aryl methyl sites for hydroxylation is 1. The van der Waals surface area contributed by atoms with E-state index in [-0.39, 0.29) is 6.10 Å². The van der Waals surface area contributed by atoms with Gasteiger partial charge in [-0.15, -0.1) is 11.3 Å². The Morgan fingerprint density at radius 1 is 1.53 bits per heavy atom. The van der Waals surface area contributed by atoms with Crippen LogP contribution < -0.4 is 0 Å². The van der Waals surface area contributed by atoms with E-state index in [1.54, 1.807) is 11.3 Å². The van der Waals surface area contributed by atoms with E-state index < -0.39 is 0 Å². The van der Waals surface area contributed by atoms with Gasteiger partial charge in [0.1, 0.15) is 0 Å². The van der Waals surface area contributed by atoms with Crippen LogP contribution in [0.5, 0.6) is 0 Å². The van der Waals surface area contributed by atoms with E-state index in [0.717, 1.165) is 15.1 Å². The fraction of sp³-hybridized carbons (Fsp3) is 0.667. The zero-order valence-electron chi connectivity index (χ0n) is 9.59. The monoisotopic (exact) mass is 290 g/mol. The Labute approximate surface area is 105 Å². The fourth-order valence-electron chi connectivity index (χ4n) is 1.76. The highest BCUT2D eigenvalue weighted by molar-refractivity contribution is 9.11. The van der Waals surface area contributed by atoms with Crippen LogP contribution in [0.15, 0.2) is 9.85 Å². The standard InChI is InChI=1S/C12H19BrOS/c1-4-5-8(2)6-10(14)11-7-9(3)12(13)15-11/h7-8,10,14H,4-6H2,1-3H3. The summed E-state index contributed by atoms with van der Waals surface area (Å²) < 4.78 is 1.14. The lowest BCUT2D eigenvalue weighted by Gasteiger charge is -2.14. The first-order chi connectivity index (χ1) is 7.04. The molecule has 0 aliphatic rings. The molecular formula is C12H19BrOS. The molecular weight excluding hydrogens is 272 g/mol. The molecule has 86 valence electrons. The van der Waals surface area contributed by atoms with Gasteiger partial charge in [-0.05, 0) is 46.8 Å². The molecule has 0 aliphatic heterocycles. The van der Waals surface area contributed by atoms with E-state index in [1.165, 1.54) is 18.4 Å². The average molecular weight is 291 g/mol. The van der Waals surface area contributed by atoms with Gasteiger partial charge in [0.15, 0.2) is 0 Å². The molecule has 15 heavy (non-hydrogen) atoms. The Bertz CT molecular complexity index is 289. The number of thiophene rings is 1. The Balaban J connectivity index is 2.56. The zero-order chi connectivity index (χ0) is 11.4. The lowest BCUT2D eigenvalue weighted by Crippen LogP contribution is -2.02. The molecule has 1 nitrogen and oxygen atoms in total. The molecule has 1 heterocycles. The Kier molecular flexibility index (Phi) is 5.30. The van der Waals surface area contributed by atoms with Crippen LogP contribution in [0.3, 0.4) is 0 Å². The van der Waals surface area contributed by atoms with Gasteiger partial charge in [0.05, 0.1) is 9.89 Å². The largest absolute Gasteiger partial charge is 0.388 e. The number of aliphatic hydroxyl groups is 1. The fourth-order valence-corrected chi connectivity index (χ4v) is 3.33. The van der Waals surface area contributed by atoms with Crippen LogP contribution in [-0.2, 0) is 0 Å². The van der Waals surface area contributed by atoms with Crippen LogP contribution in [0.1, 0.15) is 49.7 Å². The van der Waals surface area contributed by atoms with E-state index in [1.807, 2.05) is 0 Å². The summed E-state index contributed by atoms with van der Waals surface area (Å²) in [5, 5.41) is 10.0. The maximum atomic E-state index is 10.0. The molecule has 0 saturated heterocycles. The molecule has 0 saturated carbocycles. The predicted octanol–water partition coefficient (Wildman–Crippen LogP) is 4.68. The molecule has 2 unspecified atom stereocenters. The zero-order valence-corrected chi connectivity index (χ0v) is 12.0. The summed E-state index contributed by atoms with van der Waals surface area (Å²) in [6.45, 7) is 6.46. The minimum atomic E-state index is -0.290. The van der Waals surface area contributed by atoms with Gasteiger partial charge in [0, 0.05) is 4.88 Å². The second-order valence-corrected chi connectivity index (χ2v) is 6.65. The van der Waals surface area contributed by atoms with Crippen molar-refractivity contribution >= 4 is 27.3 Å². The maximum absolute atomic E-state index is 10.0. The van der Waals surface area contributed by atoms with E-state index in [0.29, 0.717) is 5.92 Å². The summed E-state index contributed by atoms with van der Waals surface area (Å²) in [4.78, 5) is 1.09. The van der Waals surface area contributed by atoms with Gasteiger partial charge in [-0.2, -0.15) is 0 Å². The highest BCUT2D eigenvalue weighted by Crippen LogP contribution is 2.34. The normalized spacial score (nSPS) is 15.3. The predicted molar refractivity (Wildman–Crippen MR) is 70.4 cm³/mol. The molecule has 0 bridgehead atoms. The molecule has 0 aromatic carbocycles. The number of rotatable bonds is 5. The Morgan fingerprint density at radius 2 is 2.20 bits per heavy atom. The third kappa shape index (κ3) is 3.89. The second kappa shape index (κ2) is 6.02. The van der Waals surface area contributed by atoms with Crippen LogP contribution in [-0.4, -0.2) is 5.11 Å². The van der Waals surface area contributed by atoms with Gasteiger partial charge in [0.2, 0.25) is 0 Å². The van der Waals surface area contributed by atoms with E-state index in [4.69, 9.17) is 0 Å². The number of hydrogen-bond acceptors (Lipinski definition) is 2. The van der Waals surface area contributed by atoms with Gasteiger partial charge in [-0.1, -0.05) is 26.7 Å². The lowest BCUT2D eigenvalue weighted by atomic mass is 9.98. The van der Waals surface area contributed by atoms with Crippen LogP contribution in [0.2, 0.25) is 0 Å². The van der Waals surface area contributed by atoms with Crippen molar-refractivity contribution in [3.63, 3.8) is 0 Å². The summed E-state index contributed by atoms with van der Waals surface area (Å²) in [7, 11) is 0. The van der Waals surface area contributed by atoms with Crippen molar-refractivity contribution in [2.75, 3.05) is 0 Å². The van der Waals surface area contributed by atoms with Gasteiger partial charge >= 0.3 is 0 Å². The first kappa shape index (κ1) is 13.2. The highest BCUT2D eigenvalue weighted by atomic mass is 79.9. The molecule has 1 rings (SSSR count). The number of hydrogen-bond donors (Lipinski definition) is 1. The molecule has 0 radical (unpaired) electrons. The molecule has 0 fully saturated rings. The van der Waals surface area contributed by atoms with Gasteiger partial charge in [0.25, 0.3) is 0 Å². The minimum absolute atomic E-state index is 0.290. The summed E-state index contributed by atoms with van der Waals surface area (Å²) >= 11 is 5.14. The van der Waals surface area contributed by atoms with Crippen molar-refractivity contribution in [2.24, 2.45) is 5.92 Å². The molecule has 3 heteroatoms. The van der Waals surface area contributed by atoms with E-state index in [2.05, 4.69) is 42.8 Å². The molecule has 1 aromatic rings. The minimum Gasteiger partial charge on any atom is -0.388 e. The van der Waals surface area contributed by atoms with Crippen molar-refractivity contribution in [2.45, 2.75) is 46.1 Å². The van der Waals surface area contributed by atoms with Gasteiger partial charge in [-0.3, -0.25) is 0 Å². The van der Waals surface area contributed by atoms with Gasteiger partial charge in [-0.25, -0.2) is 0 Å². The first-order valence-corrected chi connectivity index (χ1v) is 7.09. The topological polar surface area (TPSA) is 20.2 Å². The third-order valence-electron chi connectivity index (χ3n) is 2.61. The molecule has 1 N–H and O–H groups in total. The summed E-state index contributed by atoms with van der Waals surface area (Å²) in [6, 6.07) is 2.08. The number of aliphatic hydroxyl groups excluding tert-OH is 1. The molecule has 1 aromatic heterocycles. The van der Waals surface area contributed by atoms with Crippen LogP contribution >= 0.6 is 27.3 Å². The Hall–Kier alpha value is 0.140. The molecule has 0 spiro atoms. The lowest BCUT2D eigenvalue weighted by molar-refractivity contribution is 0.148. The summed E-state index contributed by atoms with van der Waals surface area (Å²) in [5.74, 6) is 0.603. The molecule has 0 aliphatic carbocycles. The van der Waals surface area contributed by atoms with E-state index in [9.17, 15) is 5.11 Å². The average Bonchev–Trinajstić information content (AvgIpc) is 2.47. The van der Waals surface area contributed by atoms with E-state index >= 15 is 0 Å². The summed E-state index contributed by atoms with van der Waals surface area (Å²) in [6.07, 6.45) is 2.98. The van der Waals surface area contributed by atoms with Gasteiger partial charge < -0.3 is 5.11 Å². The second-order valence-electron chi connectivity index (χ2n) is 4.25. The smallest absolute Gasteiger partial charge is 0.0885 e. The van der Waals surface area contributed by atoms with Crippen LogP contribution in [0.25, 0.3) is 0 Å². The van der Waals surface area contributed by atoms with Crippen molar-refractivity contribution in [3.8, 4) is 0 Å².